The van der Waals surface area contributed by atoms with Crippen LogP contribution in [0.3, 0.4) is 0 Å². The molecule has 0 saturated carbocycles. The van der Waals surface area contributed by atoms with E-state index >= 15 is 0 Å². The maximum atomic E-state index is 10.7. The van der Waals surface area contributed by atoms with Crippen LogP contribution in [0.15, 0.2) is 30.0 Å². The summed E-state index contributed by atoms with van der Waals surface area (Å²) in [5, 5.41) is 8.77. The first-order valence-electron chi connectivity index (χ1n) is 4.95. The first-order valence-corrected chi connectivity index (χ1v) is 5.48. The molecule has 0 amide bonds. The molecule has 1 N–H and O–H groups in total. The van der Waals surface area contributed by atoms with Gasteiger partial charge in [-0.25, -0.2) is 4.79 Å². The molecule has 0 fully saturated rings. The number of carbonyl (C=O) groups is 1. The minimum atomic E-state index is -1.10. The molecule has 0 bridgehead atoms. The predicted molar refractivity (Wildman–Crippen MR) is 65.3 cm³/mol. The van der Waals surface area contributed by atoms with E-state index in [9.17, 15) is 4.79 Å². The topological polar surface area (TPSA) is 55.8 Å². The van der Waals surface area contributed by atoms with Gasteiger partial charge < -0.3 is 14.6 Å². The van der Waals surface area contributed by atoms with Crippen molar-refractivity contribution in [2.75, 3.05) is 19.6 Å². The zero-order chi connectivity index (χ0) is 12.7. The van der Waals surface area contributed by atoms with E-state index < -0.39 is 5.97 Å². The molecule has 17 heavy (non-hydrogen) atoms. The smallest absolute Gasteiger partial charge is 0.371 e. The van der Waals surface area contributed by atoms with Gasteiger partial charge in [-0.1, -0.05) is 12.1 Å². The number of aliphatic carboxylic acids is 1. The number of hydrogen-bond donors (Lipinski definition) is 1. The number of benzene rings is 1. The van der Waals surface area contributed by atoms with Crippen molar-refractivity contribution in [2.45, 2.75) is 0 Å². The van der Waals surface area contributed by atoms with Crippen LogP contribution in [0.2, 0.25) is 0 Å². The summed E-state index contributed by atoms with van der Waals surface area (Å²) in [7, 11) is 1.32. The number of carboxylic acids is 1. The van der Waals surface area contributed by atoms with Crippen LogP contribution in [-0.4, -0.2) is 30.7 Å². The predicted octanol–water partition coefficient (Wildman–Crippen LogP) is 2.38. The monoisotopic (exact) mass is 256 g/mol. The van der Waals surface area contributed by atoms with Gasteiger partial charge in [-0.05, 0) is 23.8 Å². The van der Waals surface area contributed by atoms with E-state index in [0.29, 0.717) is 18.2 Å². The fourth-order valence-corrected chi connectivity index (χ4v) is 1.25. The van der Waals surface area contributed by atoms with Crippen LogP contribution < -0.4 is 4.74 Å². The van der Waals surface area contributed by atoms with Crippen molar-refractivity contribution < 1.29 is 19.4 Å². The van der Waals surface area contributed by atoms with E-state index in [1.54, 1.807) is 24.3 Å². The van der Waals surface area contributed by atoms with Gasteiger partial charge in [0.25, 0.3) is 0 Å². The molecule has 1 aromatic rings. The number of rotatable bonds is 6. The van der Waals surface area contributed by atoms with Crippen molar-refractivity contribution in [1.29, 1.82) is 0 Å². The SMILES string of the molecule is COC(=Cc1ccc(OCCCl)cc1)C(=O)O. The minimum absolute atomic E-state index is 0.112. The molecule has 5 heteroatoms. The average molecular weight is 257 g/mol. The first-order chi connectivity index (χ1) is 8.17. The molecule has 0 atom stereocenters. The fourth-order valence-electron chi connectivity index (χ4n) is 1.18. The quantitative estimate of drug-likeness (QED) is 0.482. The number of ether oxygens (including phenoxy) is 2. The molecule has 0 radical (unpaired) electrons. The van der Waals surface area contributed by atoms with E-state index in [1.165, 1.54) is 13.2 Å². The number of alkyl halides is 1. The van der Waals surface area contributed by atoms with Crippen LogP contribution in [0.25, 0.3) is 6.08 Å². The van der Waals surface area contributed by atoms with Crippen LogP contribution in [0.4, 0.5) is 0 Å². The lowest BCUT2D eigenvalue weighted by Gasteiger charge is -2.04. The molecule has 1 rings (SSSR count). The number of hydrogen-bond acceptors (Lipinski definition) is 3. The van der Waals surface area contributed by atoms with E-state index in [-0.39, 0.29) is 5.76 Å². The summed E-state index contributed by atoms with van der Waals surface area (Å²) >= 11 is 5.49. The summed E-state index contributed by atoms with van der Waals surface area (Å²) in [4.78, 5) is 10.7. The molecule has 0 spiro atoms. The Labute approximate surface area is 104 Å². The number of methoxy groups -OCH3 is 1. The normalized spacial score (nSPS) is 11.1. The molecule has 4 nitrogen and oxygen atoms in total. The highest BCUT2D eigenvalue weighted by molar-refractivity contribution is 6.18. The van der Waals surface area contributed by atoms with Crippen molar-refractivity contribution in [3.8, 4) is 5.75 Å². The van der Waals surface area contributed by atoms with Gasteiger partial charge in [-0.15, -0.1) is 11.6 Å². The third kappa shape index (κ3) is 4.36. The molecule has 0 saturated heterocycles. The zero-order valence-electron chi connectivity index (χ0n) is 9.35. The Kier molecular flexibility index (Phi) is 5.36. The first kappa shape index (κ1) is 13.4. The summed E-state index contributed by atoms with van der Waals surface area (Å²) in [6.07, 6.45) is 1.44. The Balaban J connectivity index is 2.76. The van der Waals surface area contributed by atoms with Gasteiger partial charge in [0.1, 0.15) is 12.4 Å². The van der Waals surface area contributed by atoms with Crippen molar-refractivity contribution in [1.82, 2.24) is 0 Å². The Morgan fingerprint density at radius 1 is 1.41 bits per heavy atom. The fraction of sp³-hybridized carbons (Fsp3) is 0.250. The van der Waals surface area contributed by atoms with Gasteiger partial charge in [0.05, 0.1) is 13.0 Å². The zero-order valence-corrected chi connectivity index (χ0v) is 10.1. The molecule has 0 aliphatic rings. The van der Waals surface area contributed by atoms with Gasteiger partial charge in [0, 0.05) is 0 Å². The summed E-state index contributed by atoms with van der Waals surface area (Å²) in [6.45, 7) is 0.440. The Morgan fingerprint density at radius 3 is 2.53 bits per heavy atom. The number of halogens is 1. The third-order valence-corrected chi connectivity index (χ3v) is 2.11. The van der Waals surface area contributed by atoms with Crippen molar-refractivity contribution in [3.63, 3.8) is 0 Å². The highest BCUT2D eigenvalue weighted by atomic mass is 35.5. The summed E-state index contributed by atoms with van der Waals surface area (Å²) < 4.78 is 10.0. The molecule has 0 heterocycles. The van der Waals surface area contributed by atoms with E-state index in [2.05, 4.69) is 0 Å². The summed E-state index contributed by atoms with van der Waals surface area (Å²) in [5.41, 5.74) is 0.725. The Hall–Kier alpha value is -1.68. The molecular weight excluding hydrogens is 244 g/mol. The second-order valence-electron chi connectivity index (χ2n) is 3.12. The lowest BCUT2D eigenvalue weighted by atomic mass is 10.2. The van der Waals surface area contributed by atoms with E-state index in [4.69, 9.17) is 26.2 Å². The maximum Gasteiger partial charge on any atom is 0.371 e. The third-order valence-electron chi connectivity index (χ3n) is 1.95. The average Bonchev–Trinajstić information content (AvgIpc) is 2.34. The Morgan fingerprint density at radius 2 is 2.06 bits per heavy atom. The lowest BCUT2D eigenvalue weighted by molar-refractivity contribution is -0.135. The van der Waals surface area contributed by atoms with E-state index in [1.807, 2.05) is 0 Å². The second kappa shape index (κ2) is 6.81. The molecule has 92 valence electrons. The van der Waals surface area contributed by atoms with Crippen molar-refractivity contribution >= 4 is 23.6 Å². The standard InChI is InChI=1S/C12H13ClO4/c1-16-11(12(14)15)8-9-2-4-10(5-3-9)17-7-6-13/h2-5,8H,6-7H2,1H3,(H,14,15). The molecule has 0 aliphatic carbocycles. The van der Waals surface area contributed by atoms with Crippen LogP contribution in [0.5, 0.6) is 5.75 Å². The van der Waals surface area contributed by atoms with Crippen LogP contribution in [0.1, 0.15) is 5.56 Å². The van der Waals surface area contributed by atoms with Gasteiger partial charge in [0.15, 0.2) is 0 Å². The molecule has 1 aromatic carbocycles. The van der Waals surface area contributed by atoms with E-state index in [0.717, 1.165) is 5.56 Å². The van der Waals surface area contributed by atoms with Gasteiger partial charge in [-0.3, -0.25) is 0 Å². The maximum absolute atomic E-state index is 10.7. The number of carboxylic acid groups (broad SMARTS) is 1. The van der Waals surface area contributed by atoms with Crippen molar-refractivity contribution in [3.05, 3.63) is 35.6 Å². The summed E-state index contributed by atoms with van der Waals surface area (Å²) in [5.74, 6) is -0.0967. The second-order valence-corrected chi connectivity index (χ2v) is 3.50. The van der Waals surface area contributed by atoms with Gasteiger partial charge in [-0.2, -0.15) is 0 Å². The molecule has 0 aliphatic heterocycles. The molecule has 0 aromatic heterocycles. The molecular formula is C12H13ClO4. The van der Waals surface area contributed by atoms with Crippen molar-refractivity contribution in [2.24, 2.45) is 0 Å². The van der Waals surface area contributed by atoms with Crippen LogP contribution >= 0.6 is 11.6 Å². The van der Waals surface area contributed by atoms with Crippen LogP contribution in [-0.2, 0) is 9.53 Å². The highest BCUT2D eigenvalue weighted by Crippen LogP contribution is 2.15. The largest absolute Gasteiger partial charge is 0.492 e. The van der Waals surface area contributed by atoms with Gasteiger partial charge >= 0.3 is 5.97 Å². The highest BCUT2D eigenvalue weighted by Gasteiger charge is 2.06. The van der Waals surface area contributed by atoms with Crippen LogP contribution in [0, 0.1) is 0 Å². The minimum Gasteiger partial charge on any atom is -0.492 e. The lowest BCUT2D eigenvalue weighted by Crippen LogP contribution is -2.02. The molecule has 0 unspecified atom stereocenters. The summed E-state index contributed by atoms with van der Waals surface area (Å²) in [6, 6.07) is 6.97. The van der Waals surface area contributed by atoms with Gasteiger partial charge in [0.2, 0.25) is 5.76 Å². The Bertz CT molecular complexity index is 397.